The number of rotatable bonds is 1. The smallest absolute Gasteiger partial charge is 0.449 e. The predicted molar refractivity (Wildman–Crippen MR) is 17.9 cm³/mol. The van der Waals surface area contributed by atoms with E-state index < -0.39 is 6.16 Å². The van der Waals surface area contributed by atoms with Crippen molar-refractivity contribution in [2.45, 2.75) is 0 Å². The Balaban J connectivity index is 3.05. The highest BCUT2D eigenvalue weighted by atomic mass is 16.7. The van der Waals surface area contributed by atoms with Gasteiger partial charge in [0.15, 0.2) is 6.40 Å². The van der Waals surface area contributed by atoms with Crippen molar-refractivity contribution in [2.75, 3.05) is 0 Å². The van der Waals surface area contributed by atoms with Crippen LogP contribution in [0.5, 0.6) is 0 Å². The third kappa shape index (κ3) is 2.94. The molecule has 0 heterocycles. The van der Waals surface area contributed by atoms with Gasteiger partial charge in [0.1, 0.15) is 0 Å². The van der Waals surface area contributed by atoms with Gasteiger partial charge in [-0.05, 0) is 0 Å². The van der Waals surface area contributed by atoms with Gasteiger partial charge in [-0.25, -0.2) is 4.79 Å². The first-order valence-corrected chi connectivity index (χ1v) is 1.16. The zero-order chi connectivity index (χ0) is 4.99. The lowest BCUT2D eigenvalue weighted by Crippen LogP contribution is -1.94. The molecular weight excluding hydrogens is 86.0 g/mol. The molecule has 34 valence electrons. The Bertz CT molecular complexity index is 69.2. The molecule has 0 spiro atoms. The molecule has 0 aromatic carbocycles. The van der Waals surface area contributed by atoms with E-state index in [9.17, 15) is 4.79 Å². The zero-order valence-corrected chi connectivity index (χ0v) is 2.84. The van der Waals surface area contributed by atoms with Gasteiger partial charge in [0.05, 0.1) is 0 Å². The Morgan fingerprint density at radius 2 is 2.50 bits per heavy atom. The summed E-state index contributed by atoms with van der Waals surface area (Å²) in [6, 6.07) is 0. The molecule has 2 N–H and O–H groups in total. The van der Waals surface area contributed by atoms with Crippen LogP contribution in [0.1, 0.15) is 0 Å². The minimum Gasteiger partial charge on any atom is -0.449 e. The van der Waals surface area contributed by atoms with Gasteiger partial charge in [0, 0.05) is 0 Å². The second-order valence-corrected chi connectivity index (χ2v) is 0.502. The van der Waals surface area contributed by atoms with Crippen LogP contribution in [0.25, 0.3) is 0 Å². The first-order valence-electron chi connectivity index (χ1n) is 1.16. The Kier molecular flexibility index (Phi) is 1.81. The number of hydrogen-bond acceptors (Lipinski definition) is 3. The van der Waals surface area contributed by atoms with Gasteiger partial charge in [-0.2, -0.15) is 0 Å². The lowest BCUT2D eigenvalue weighted by molar-refractivity contribution is 0.143. The molecule has 0 unspecified atom stereocenters. The fraction of sp³-hybridized carbons (Fsp3) is 0. The third-order valence-electron chi connectivity index (χ3n) is 0.160. The van der Waals surface area contributed by atoms with Gasteiger partial charge in [0.2, 0.25) is 0 Å². The number of carboxylic acid groups (broad SMARTS) is 1. The highest BCUT2D eigenvalue weighted by Gasteiger charge is 1.85. The maximum atomic E-state index is 9.23. The molecule has 0 aliphatic heterocycles. The van der Waals surface area contributed by atoms with E-state index in [0.29, 0.717) is 6.40 Å². The van der Waals surface area contributed by atoms with Crippen molar-refractivity contribution < 1.29 is 14.6 Å². The molecule has 6 heavy (non-hydrogen) atoms. The number of hydrogen-bond donors (Lipinski definition) is 2. The average Bonchev–Trinajstić information content (AvgIpc) is 1.35. The van der Waals surface area contributed by atoms with Crippen molar-refractivity contribution in [3.05, 3.63) is 0 Å². The molecule has 0 aromatic heterocycles. The van der Waals surface area contributed by atoms with Gasteiger partial charge >= 0.3 is 6.16 Å². The molecule has 0 fully saturated rings. The van der Waals surface area contributed by atoms with E-state index in [2.05, 4.69) is 4.74 Å². The Morgan fingerprint density at radius 1 is 2.00 bits per heavy atom. The van der Waals surface area contributed by atoms with E-state index in [0.717, 1.165) is 0 Å². The predicted octanol–water partition coefficient (Wildman–Crippen LogP) is 0.288. The van der Waals surface area contributed by atoms with Crippen LogP contribution < -0.4 is 0 Å². The molecule has 0 radical (unpaired) electrons. The van der Waals surface area contributed by atoms with E-state index in [1.165, 1.54) is 0 Å². The van der Waals surface area contributed by atoms with Gasteiger partial charge in [-0.1, -0.05) is 0 Å². The van der Waals surface area contributed by atoms with Gasteiger partial charge < -0.3 is 9.84 Å². The van der Waals surface area contributed by atoms with Crippen LogP contribution in [0.2, 0.25) is 0 Å². The molecule has 0 aromatic rings. The first kappa shape index (κ1) is 4.94. The Hall–Kier alpha value is -1.06. The van der Waals surface area contributed by atoms with E-state index in [-0.39, 0.29) is 0 Å². The summed E-state index contributed by atoms with van der Waals surface area (Å²) in [6.07, 6.45) is -1.10. The number of nitrogens with one attached hydrogen (secondary N) is 1. The fourth-order valence-electron chi connectivity index (χ4n) is 0.0504. The number of ether oxygens (including phenoxy) is 1. The highest BCUT2D eigenvalue weighted by molar-refractivity contribution is 5.68. The summed E-state index contributed by atoms with van der Waals surface area (Å²) in [5, 5.41) is 13.5. The van der Waals surface area contributed by atoms with Gasteiger partial charge in [-0.3, -0.25) is 5.41 Å². The van der Waals surface area contributed by atoms with Crippen LogP contribution >= 0.6 is 0 Å². The van der Waals surface area contributed by atoms with Crippen molar-refractivity contribution in [1.82, 2.24) is 0 Å². The van der Waals surface area contributed by atoms with Crippen molar-refractivity contribution in [3.63, 3.8) is 0 Å². The van der Waals surface area contributed by atoms with Crippen molar-refractivity contribution in [2.24, 2.45) is 0 Å². The summed E-state index contributed by atoms with van der Waals surface area (Å²) in [5.74, 6) is 0. The fourth-order valence-corrected chi connectivity index (χ4v) is 0.0504. The molecular formula is C2H3NO3. The average molecular weight is 89.0 g/mol. The van der Waals surface area contributed by atoms with Gasteiger partial charge in [0.25, 0.3) is 0 Å². The minimum absolute atomic E-state index is 0.350. The molecule has 0 bridgehead atoms. The zero-order valence-electron chi connectivity index (χ0n) is 2.84. The van der Waals surface area contributed by atoms with Crippen molar-refractivity contribution >= 4 is 12.6 Å². The van der Waals surface area contributed by atoms with Crippen LogP contribution in [0.15, 0.2) is 0 Å². The van der Waals surface area contributed by atoms with Crippen LogP contribution in [0.4, 0.5) is 4.79 Å². The van der Waals surface area contributed by atoms with E-state index >= 15 is 0 Å². The standard InChI is InChI=1S/C2H3NO3/c3-1-6-2(4)5/h1,3H,(H,4,5). The maximum Gasteiger partial charge on any atom is 0.512 e. The van der Waals surface area contributed by atoms with Crippen LogP contribution in [-0.2, 0) is 4.74 Å². The lowest BCUT2D eigenvalue weighted by atomic mass is 11.3. The second-order valence-electron chi connectivity index (χ2n) is 0.502. The minimum atomic E-state index is -1.45. The van der Waals surface area contributed by atoms with E-state index in [1.54, 1.807) is 0 Å². The molecule has 0 aliphatic rings. The largest absolute Gasteiger partial charge is 0.512 e. The van der Waals surface area contributed by atoms with Crippen molar-refractivity contribution in [3.8, 4) is 0 Å². The summed E-state index contributed by atoms with van der Waals surface area (Å²) < 4.78 is 3.50. The molecule has 0 atom stereocenters. The molecule has 4 heteroatoms. The topological polar surface area (TPSA) is 70.4 Å². The summed E-state index contributed by atoms with van der Waals surface area (Å²) in [4.78, 5) is 9.23. The van der Waals surface area contributed by atoms with E-state index in [1.807, 2.05) is 0 Å². The normalized spacial score (nSPS) is 6.67. The van der Waals surface area contributed by atoms with Crippen LogP contribution in [0.3, 0.4) is 0 Å². The molecule has 0 saturated carbocycles. The third-order valence-corrected chi connectivity index (χ3v) is 0.160. The first-order chi connectivity index (χ1) is 2.77. The summed E-state index contributed by atoms with van der Waals surface area (Å²) in [5.41, 5.74) is 0. The maximum absolute atomic E-state index is 9.23. The summed E-state index contributed by atoms with van der Waals surface area (Å²) in [6.45, 7) is 0. The van der Waals surface area contributed by atoms with Crippen LogP contribution in [0, 0.1) is 5.41 Å². The monoisotopic (exact) mass is 89.0 g/mol. The Morgan fingerprint density at radius 3 is 2.50 bits per heavy atom. The van der Waals surface area contributed by atoms with Crippen LogP contribution in [-0.4, -0.2) is 17.7 Å². The molecule has 0 rings (SSSR count). The quantitative estimate of drug-likeness (QED) is 0.275. The molecule has 0 saturated heterocycles. The molecule has 0 amide bonds. The van der Waals surface area contributed by atoms with Gasteiger partial charge in [-0.15, -0.1) is 0 Å². The highest BCUT2D eigenvalue weighted by Crippen LogP contribution is 1.63. The second kappa shape index (κ2) is 2.19. The number of carbonyl (C=O) groups is 1. The van der Waals surface area contributed by atoms with Crippen molar-refractivity contribution in [1.29, 1.82) is 5.41 Å². The van der Waals surface area contributed by atoms with E-state index in [4.69, 9.17) is 10.5 Å². The SMILES string of the molecule is N=COC(=O)O. The molecule has 0 aliphatic carbocycles. The summed E-state index contributed by atoms with van der Waals surface area (Å²) >= 11 is 0. The lowest BCUT2D eigenvalue weighted by Gasteiger charge is -1.79. The Labute approximate surface area is 33.9 Å². The molecule has 4 nitrogen and oxygen atoms in total. The summed E-state index contributed by atoms with van der Waals surface area (Å²) in [7, 11) is 0.